The quantitative estimate of drug-likeness (QED) is 0.372. The highest BCUT2D eigenvalue weighted by Crippen LogP contribution is 2.67. The predicted octanol–water partition coefficient (Wildman–Crippen LogP) is 5.80. The third-order valence-electron chi connectivity index (χ3n) is 15.6. The van der Waals surface area contributed by atoms with E-state index in [-0.39, 0.29) is 46.8 Å². The van der Waals surface area contributed by atoms with Gasteiger partial charge in [-0.2, -0.15) is 0 Å². The molecule has 6 heteroatoms. The lowest BCUT2D eigenvalue weighted by molar-refractivity contribution is -0.117. The molecule has 6 fully saturated rings. The second kappa shape index (κ2) is 8.70. The summed E-state index contributed by atoms with van der Waals surface area (Å²) in [7, 11) is 0. The van der Waals surface area contributed by atoms with Crippen LogP contribution in [0.25, 0.3) is 0 Å². The van der Waals surface area contributed by atoms with Crippen molar-refractivity contribution in [3.63, 3.8) is 0 Å². The topological polar surface area (TPSA) is 47.1 Å². The van der Waals surface area contributed by atoms with E-state index in [2.05, 4.69) is 94.1 Å². The number of para-hydroxylation sites is 2. The molecule has 2 saturated carbocycles. The van der Waals surface area contributed by atoms with Gasteiger partial charge in [0.1, 0.15) is 0 Å². The average molecular weight is 635 g/mol. The molecular formula is C42H42N4O2. The molecule has 2 aromatic rings. The van der Waals surface area contributed by atoms with Gasteiger partial charge in [-0.15, -0.1) is 0 Å². The molecule has 8 bridgehead atoms. The zero-order valence-corrected chi connectivity index (χ0v) is 27.9. The molecule has 2 aliphatic carbocycles. The number of carbonyl (C=O) groups is 2. The number of carbonyl (C=O) groups excluding carboxylic acids is 2. The molecular weight excluding hydrogens is 592 g/mol. The fourth-order valence-electron chi connectivity index (χ4n) is 14.0. The smallest absolute Gasteiger partial charge is 0.256 e. The maximum absolute atomic E-state index is 15.7. The summed E-state index contributed by atoms with van der Waals surface area (Å²) in [5.41, 5.74) is 11.7. The minimum atomic E-state index is -0.187. The molecule has 242 valence electrons. The molecule has 6 nitrogen and oxygen atoms in total. The molecule has 2 spiro atoms. The van der Waals surface area contributed by atoms with Gasteiger partial charge in [-0.25, -0.2) is 0 Å². The summed E-state index contributed by atoms with van der Waals surface area (Å²) < 4.78 is 0. The standard InChI is InChI=1S/C42H42N4O2/c1-3-23-21-43-14-13-41-29-9-5-8-12-32(29)46-37(41)19-28(27(23)18-34(41)43)39(40(46)48)33-20-42-30-10-6-7-11-31(30)45-36(42)15-25(16-38(45)47)26-17-35(42)44(33)22-24(26)4-2/h3-12,16,26-27,33-37H,13-15,17-22H2,1-2H3/t26-,27-,33+,34+,35-,36-,37-,41+,42-/m0/s1. The van der Waals surface area contributed by atoms with Crippen LogP contribution in [0.15, 0.2) is 94.6 Å². The van der Waals surface area contributed by atoms with Crippen molar-refractivity contribution in [1.29, 1.82) is 0 Å². The molecule has 9 atom stereocenters. The first-order chi connectivity index (χ1) is 23.5. The van der Waals surface area contributed by atoms with E-state index < -0.39 is 0 Å². The number of anilines is 2. The average Bonchev–Trinajstić information content (AvgIpc) is 3.80. The molecule has 2 amide bonds. The van der Waals surface area contributed by atoms with Crippen molar-refractivity contribution < 1.29 is 9.59 Å². The number of hydrogen-bond donors (Lipinski definition) is 0. The molecule has 0 aromatic heterocycles. The Labute approximate surface area is 282 Å². The number of allylic oxidation sites excluding steroid dienone is 2. The predicted molar refractivity (Wildman–Crippen MR) is 186 cm³/mol. The molecule has 0 N–H and O–H groups in total. The normalized spacial score (nSPS) is 42.8. The van der Waals surface area contributed by atoms with Crippen LogP contribution in [0.3, 0.4) is 0 Å². The highest BCUT2D eigenvalue weighted by Gasteiger charge is 2.70. The summed E-state index contributed by atoms with van der Waals surface area (Å²) in [6.07, 6.45) is 12.8. The Balaban J connectivity index is 1.11. The Morgan fingerprint density at radius 1 is 0.750 bits per heavy atom. The molecule has 48 heavy (non-hydrogen) atoms. The maximum Gasteiger partial charge on any atom is 0.256 e. The number of hydrogen-bond acceptors (Lipinski definition) is 4. The second-order valence-corrected chi connectivity index (χ2v) is 16.5. The van der Waals surface area contributed by atoms with Crippen molar-refractivity contribution in [1.82, 2.24) is 9.80 Å². The largest absolute Gasteiger partial charge is 0.304 e. The van der Waals surface area contributed by atoms with Crippen LogP contribution in [-0.2, 0) is 20.4 Å². The van der Waals surface area contributed by atoms with Crippen molar-refractivity contribution in [3.05, 3.63) is 106 Å². The summed E-state index contributed by atoms with van der Waals surface area (Å²) in [5, 5.41) is 0. The second-order valence-electron chi connectivity index (χ2n) is 16.5. The van der Waals surface area contributed by atoms with Gasteiger partial charge in [-0.05, 0) is 82.2 Å². The number of nitrogens with zero attached hydrogens (tertiary/aromatic N) is 4. The van der Waals surface area contributed by atoms with E-state index in [1.54, 1.807) is 0 Å². The minimum Gasteiger partial charge on any atom is -0.304 e. The van der Waals surface area contributed by atoms with Crippen LogP contribution in [0.5, 0.6) is 0 Å². The van der Waals surface area contributed by atoms with Gasteiger partial charge in [-0.3, -0.25) is 19.4 Å². The number of amides is 2. The van der Waals surface area contributed by atoms with Gasteiger partial charge >= 0.3 is 0 Å². The lowest BCUT2D eigenvalue weighted by Gasteiger charge is -2.45. The van der Waals surface area contributed by atoms with Crippen LogP contribution in [0.4, 0.5) is 11.4 Å². The van der Waals surface area contributed by atoms with Gasteiger partial charge < -0.3 is 9.80 Å². The lowest BCUT2D eigenvalue weighted by Crippen LogP contribution is -2.56. The molecule has 0 radical (unpaired) electrons. The van der Waals surface area contributed by atoms with E-state index in [1.165, 1.54) is 39.1 Å². The maximum atomic E-state index is 15.7. The van der Waals surface area contributed by atoms with Gasteiger partial charge in [0.05, 0.1) is 12.1 Å². The monoisotopic (exact) mass is 634 g/mol. The van der Waals surface area contributed by atoms with E-state index in [4.69, 9.17) is 0 Å². The van der Waals surface area contributed by atoms with Crippen LogP contribution < -0.4 is 9.80 Å². The van der Waals surface area contributed by atoms with Crippen molar-refractivity contribution in [2.45, 2.75) is 93.4 Å². The molecule has 10 aliphatic rings. The van der Waals surface area contributed by atoms with Crippen LogP contribution in [0, 0.1) is 11.8 Å². The highest BCUT2D eigenvalue weighted by atomic mass is 16.2. The molecule has 8 heterocycles. The highest BCUT2D eigenvalue weighted by molar-refractivity contribution is 6.11. The summed E-state index contributed by atoms with van der Waals surface area (Å²) in [6.45, 7) is 7.44. The Hall–Kier alpha value is -3.74. The number of rotatable bonds is 1. The number of piperidine rings is 2. The third kappa shape index (κ3) is 2.77. The van der Waals surface area contributed by atoms with Crippen LogP contribution >= 0.6 is 0 Å². The van der Waals surface area contributed by atoms with Crippen LogP contribution in [0.1, 0.15) is 63.5 Å². The number of benzene rings is 2. The summed E-state index contributed by atoms with van der Waals surface area (Å²) in [5.74, 6) is 1.09. The van der Waals surface area contributed by atoms with Crippen molar-refractivity contribution in [2.75, 3.05) is 29.4 Å². The lowest BCUT2D eigenvalue weighted by atomic mass is 9.67. The van der Waals surface area contributed by atoms with Crippen molar-refractivity contribution in [2.24, 2.45) is 11.8 Å². The molecule has 2 aromatic carbocycles. The van der Waals surface area contributed by atoms with E-state index in [0.29, 0.717) is 17.9 Å². The zero-order valence-electron chi connectivity index (χ0n) is 27.9. The third-order valence-corrected chi connectivity index (χ3v) is 15.6. The van der Waals surface area contributed by atoms with Gasteiger partial charge in [0, 0.05) is 76.9 Å². The molecule has 4 saturated heterocycles. The van der Waals surface area contributed by atoms with E-state index in [9.17, 15) is 4.79 Å². The summed E-state index contributed by atoms with van der Waals surface area (Å²) in [6, 6.07) is 18.8. The zero-order chi connectivity index (χ0) is 31.8. The SMILES string of the molecule is CC=C1CN2[C@@H](C3=C4C[C@@H]5N(C3=O)c3ccccc3[C@@]53CCN5CC(=CC)[C@@H]4C[C@@H]53)C[C@@]34c5ccccc5N5C(=O)C=C(C[C@H]53)[C@H]1C[C@H]24. The molecule has 0 unspecified atom stereocenters. The van der Waals surface area contributed by atoms with E-state index in [0.717, 1.165) is 69.4 Å². The number of fused-ring (bicyclic) bond motifs is 10. The first-order valence-electron chi connectivity index (χ1n) is 18.6. The van der Waals surface area contributed by atoms with Crippen molar-refractivity contribution in [3.8, 4) is 0 Å². The van der Waals surface area contributed by atoms with Gasteiger partial charge in [0.25, 0.3) is 11.8 Å². The van der Waals surface area contributed by atoms with E-state index >= 15 is 4.79 Å². The fourth-order valence-corrected chi connectivity index (χ4v) is 14.0. The first kappa shape index (κ1) is 27.1. The Morgan fingerprint density at radius 2 is 1.44 bits per heavy atom. The van der Waals surface area contributed by atoms with Crippen molar-refractivity contribution >= 4 is 23.2 Å². The fraction of sp³-hybridized carbons (Fsp3) is 0.476. The van der Waals surface area contributed by atoms with E-state index in [1.807, 2.05) is 6.08 Å². The summed E-state index contributed by atoms with van der Waals surface area (Å²) in [4.78, 5) is 39.7. The van der Waals surface area contributed by atoms with Crippen LogP contribution in [0.2, 0.25) is 0 Å². The Morgan fingerprint density at radius 3 is 2.23 bits per heavy atom. The van der Waals surface area contributed by atoms with Gasteiger partial charge in [0.15, 0.2) is 0 Å². The van der Waals surface area contributed by atoms with Gasteiger partial charge in [-0.1, -0.05) is 70.8 Å². The molecule has 8 aliphatic heterocycles. The molecule has 12 rings (SSSR count). The summed E-state index contributed by atoms with van der Waals surface area (Å²) >= 11 is 0. The van der Waals surface area contributed by atoms with Gasteiger partial charge in [0.2, 0.25) is 0 Å². The first-order valence-corrected chi connectivity index (χ1v) is 18.6. The Kier molecular flexibility index (Phi) is 4.91. The van der Waals surface area contributed by atoms with Crippen LogP contribution in [-0.4, -0.2) is 71.5 Å². The Bertz CT molecular complexity index is 2040. The minimum absolute atomic E-state index is 0.0177.